The van der Waals surface area contributed by atoms with Gasteiger partial charge >= 0.3 is 5.97 Å². The Balaban J connectivity index is 1.78. The highest BCUT2D eigenvalue weighted by Crippen LogP contribution is 2.26. The quantitative estimate of drug-likeness (QED) is 0.0173. The molecule has 0 radical (unpaired) electrons. The Bertz CT molecular complexity index is 1430. The Morgan fingerprint density at radius 2 is 0.929 bits per heavy atom. The highest BCUT2D eigenvalue weighted by atomic mass is 16.7. The normalized spacial score (nSPS) is 26.1. The first-order chi connectivity index (χ1) is 34.1. The van der Waals surface area contributed by atoms with E-state index in [0.717, 1.165) is 51.4 Å². The summed E-state index contributed by atoms with van der Waals surface area (Å²) < 4.78 is 34.2. The number of allylic oxidation sites excluding steroid dienone is 12. The number of ether oxygens (including phenoxy) is 6. The van der Waals surface area contributed by atoms with Gasteiger partial charge in [-0.25, -0.2) is 0 Å². The molecule has 0 amide bonds. The van der Waals surface area contributed by atoms with Crippen LogP contribution in [0.3, 0.4) is 0 Å². The summed E-state index contributed by atoms with van der Waals surface area (Å²) in [5.41, 5.74) is 0. The molecule has 11 unspecified atom stereocenters. The molecular weight excluding hydrogens is 897 g/mol. The van der Waals surface area contributed by atoms with Crippen LogP contribution in [0.2, 0.25) is 0 Å². The lowest BCUT2D eigenvalue weighted by molar-refractivity contribution is -0.332. The number of aliphatic hydroxyl groups is 7. The lowest BCUT2D eigenvalue weighted by Gasteiger charge is -2.42. The van der Waals surface area contributed by atoms with Crippen molar-refractivity contribution >= 4 is 5.97 Å². The Morgan fingerprint density at radius 1 is 0.486 bits per heavy atom. The van der Waals surface area contributed by atoms with Gasteiger partial charge in [-0.05, 0) is 77.0 Å². The fourth-order valence-corrected chi connectivity index (χ4v) is 8.08. The minimum absolute atomic E-state index is 0.0334. The van der Waals surface area contributed by atoms with Gasteiger partial charge in [0.15, 0.2) is 12.6 Å². The van der Waals surface area contributed by atoms with E-state index in [4.69, 9.17) is 28.4 Å². The highest BCUT2D eigenvalue weighted by molar-refractivity contribution is 5.69. The van der Waals surface area contributed by atoms with E-state index in [9.17, 15) is 40.5 Å². The molecule has 2 aliphatic rings. The molecule has 0 spiro atoms. The van der Waals surface area contributed by atoms with Gasteiger partial charge in [-0.2, -0.15) is 0 Å². The molecule has 0 bridgehead atoms. The van der Waals surface area contributed by atoms with E-state index in [-0.39, 0.29) is 19.6 Å². The largest absolute Gasteiger partial charge is 0.457 e. The predicted molar refractivity (Wildman–Crippen MR) is 275 cm³/mol. The fraction of sp³-hybridized carbons (Fsp3) is 0.768. The zero-order valence-electron chi connectivity index (χ0n) is 43.0. The van der Waals surface area contributed by atoms with Gasteiger partial charge in [-0.1, -0.05) is 164 Å². The number of aliphatic hydroxyl groups excluding tert-OH is 7. The van der Waals surface area contributed by atoms with Crippen LogP contribution in [-0.2, 0) is 33.2 Å². The molecule has 14 heteroatoms. The van der Waals surface area contributed by atoms with Crippen molar-refractivity contribution in [2.75, 3.05) is 33.0 Å². The summed E-state index contributed by atoms with van der Waals surface area (Å²) in [5, 5.41) is 72.2. The summed E-state index contributed by atoms with van der Waals surface area (Å²) in [6, 6.07) is 0. The molecule has 2 rings (SSSR count). The monoisotopic (exact) mass is 993 g/mol. The number of esters is 1. The zero-order valence-corrected chi connectivity index (χ0v) is 43.0. The number of hydrogen-bond donors (Lipinski definition) is 7. The Hall–Kier alpha value is -2.57. The number of carbonyl (C=O) groups excluding carboxylic acids is 1. The molecule has 70 heavy (non-hydrogen) atoms. The molecule has 11 atom stereocenters. The van der Waals surface area contributed by atoms with Gasteiger partial charge in [0.2, 0.25) is 0 Å². The Morgan fingerprint density at radius 3 is 1.47 bits per heavy atom. The van der Waals surface area contributed by atoms with Crippen LogP contribution in [0.1, 0.15) is 174 Å². The molecule has 0 aliphatic carbocycles. The van der Waals surface area contributed by atoms with Crippen LogP contribution >= 0.6 is 0 Å². The molecule has 2 aliphatic heterocycles. The van der Waals surface area contributed by atoms with Gasteiger partial charge in [0.25, 0.3) is 0 Å². The standard InChI is InChI=1S/C56H96O14/c1-3-5-7-9-11-13-15-17-19-21-22-24-26-28-30-32-34-36-38-40-65-42-45(68-48(58)39-37-35-33-31-29-27-25-23-20-18-16-14-12-10-8-6-4-2)43-66-55-54(64)52(62)50(60)47(70-55)44-67-56-53(63)51(61)49(59)46(41-57)69-56/h6,8,12,14,18-21,25,27,31,33,45-47,49-57,59-64H,3-5,7,9-11,13,15-17,22-24,26,28-30,32,34-44H2,1-2H3/b8-6-,14-12-,20-18-,21-19-,27-25-,33-31-. The molecule has 2 heterocycles. The number of rotatable bonds is 42. The first-order valence-electron chi connectivity index (χ1n) is 27.0. The van der Waals surface area contributed by atoms with Crippen molar-refractivity contribution in [2.24, 2.45) is 0 Å². The molecule has 0 aromatic carbocycles. The third-order valence-corrected chi connectivity index (χ3v) is 12.4. The summed E-state index contributed by atoms with van der Waals surface area (Å²) in [6.45, 7) is 3.48. The molecular formula is C56H96O14. The average Bonchev–Trinajstić information content (AvgIpc) is 3.36. The van der Waals surface area contributed by atoms with Gasteiger partial charge in [-0.3, -0.25) is 4.79 Å². The van der Waals surface area contributed by atoms with Crippen molar-refractivity contribution in [2.45, 2.75) is 242 Å². The molecule has 7 N–H and O–H groups in total. The van der Waals surface area contributed by atoms with E-state index >= 15 is 0 Å². The summed E-state index contributed by atoms with van der Waals surface area (Å²) >= 11 is 0. The smallest absolute Gasteiger partial charge is 0.306 e. The van der Waals surface area contributed by atoms with Crippen molar-refractivity contribution in [3.05, 3.63) is 72.9 Å². The van der Waals surface area contributed by atoms with Crippen LogP contribution < -0.4 is 0 Å². The molecule has 14 nitrogen and oxygen atoms in total. The maximum atomic E-state index is 13.0. The average molecular weight is 993 g/mol. The van der Waals surface area contributed by atoms with Crippen LogP contribution in [0.4, 0.5) is 0 Å². The Kier molecular flexibility index (Phi) is 38.9. The maximum Gasteiger partial charge on any atom is 0.306 e. The third kappa shape index (κ3) is 29.8. The van der Waals surface area contributed by atoms with Gasteiger partial charge in [0.05, 0.1) is 26.4 Å². The minimum atomic E-state index is -1.72. The van der Waals surface area contributed by atoms with Crippen LogP contribution in [0.25, 0.3) is 0 Å². The van der Waals surface area contributed by atoms with Crippen molar-refractivity contribution in [1.29, 1.82) is 0 Å². The van der Waals surface area contributed by atoms with Crippen LogP contribution in [0.5, 0.6) is 0 Å². The van der Waals surface area contributed by atoms with Crippen LogP contribution in [0.15, 0.2) is 72.9 Å². The second kappa shape index (κ2) is 42.9. The molecule has 2 saturated heterocycles. The van der Waals surface area contributed by atoms with Gasteiger partial charge in [0, 0.05) is 13.0 Å². The van der Waals surface area contributed by atoms with Gasteiger partial charge in [0.1, 0.15) is 54.9 Å². The highest BCUT2D eigenvalue weighted by Gasteiger charge is 2.47. The van der Waals surface area contributed by atoms with Gasteiger partial charge in [-0.15, -0.1) is 0 Å². The van der Waals surface area contributed by atoms with Crippen molar-refractivity contribution in [1.82, 2.24) is 0 Å². The Labute approximate surface area is 421 Å². The van der Waals surface area contributed by atoms with Crippen molar-refractivity contribution in [3.63, 3.8) is 0 Å². The summed E-state index contributed by atoms with van der Waals surface area (Å²) in [6.07, 6.45) is 36.8. The van der Waals surface area contributed by atoms with Crippen LogP contribution in [0, 0.1) is 0 Å². The summed E-state index contributed by atoms with van der Waals surface area (Å²) in [7, 11) is 0. The molecule has 0 aromatic rings. The van der Waals surface area contributed by atoms with E-state index in [1.165, 1.54) is 89.9 Å². The lowest BCUT2D eigenvalue weighted by Crippen LogP contribution is -2.61. The molecule has 2 fully saturated rings. The second-order valence-electron chi connectivity index (χ2n) is 18.7. The summed E-state index contributed by atoms with van der Waals surface area (Å²) in [4.78, 5) is 13.0. The zero-order chi connectivity index (χ0) is 50.9. The third-order valence-electron chi connectivity index (χ3n) is 12.4. The van der Waals surface area contributed by atoms with E-state index in [1.54, 1.807) is 0 Å². The second-order valence-corrected chi connectivity index (χ2v) is 18.7. The van der Waals surface area contributed by atoms with E-state index in [1.807, 2.05) is 6.08 Å². The van der Waals surface area contributed by atoms with E-state index < -0.39 is 86.7 Å². The SMILES string of the molecule is CC/C=C\C/C=C\C/C=C\C/C=C\C/C=C\CCCC(=O)OC(COCCCCCCCCCC/C=C\CCCCCCCCC)COC1OC(COC2OC(CO)C(O)C(O)C2O)C(O)C(O)C1O. The van der Waals surface area contributed by atoms with E-state index in [2.05, 4.69) is 80.7 Å². The number of unbranched alkanes of at least 4 members (excludes halogenated alkanes) is 16. The topological polar surface area (TPSA) is 214 Å². The van der Waals surface area contributed by atoms with Crippen LogP contribution in [-0.4, -0.2) is 142 Å². The molecule has 404 valence electrons. The van der Waals surface area contributed by atoms with Crippen molar-refractivity contribution in [3.8, 4) is 0 Å². The predicted octanol–water partition coefficient (Wildman–Crippen LogP) is 8.68. The summed E-state index contributed by atoms with van der Waals surface area (Å²) in [5.74, 6) is -0.435. The number of carbonyl (C=O) groups is 1. The number of hydrogen-bond acceptors (Lipinski definition) is 14. The maximum absolute atomic E-state index is 13.0. The fourth-order valence-electron chi connectivity index (χ4n) is 8.08. The first kappa shape index (κ1) is 63.5. The molecule has 0 aromatic heterocycles. The van der Waals surface area contributed by atoms with Crippen molar-refractivity contribution < 1.29 is 69.0 Å². The first-order valence-corrected chi connectivity index (χ1v) is 27.0. The molecule has 0 saturated carbocycles. The van der Waals surface area contributed by atoms with Gasteiger partial charge < -0.3 is 64.2 Å². The minimum Gasteiger partial charge on any atom is -0.457 e. The van der Waals surface area contributed by atoms with E-state index in [0.29, 0.717) is 19.4 Å². The lowest BCUT2D eigenvalue weighted by atomic mass is 9.98.